The monoisotopic (exact) mass is 280 g/mol. The van der Waals surface area contributed by atoms with E-state index in [9.17, 15) is 14.9 Å². The van der Waals surface area contributed by atoms with Crippen molar-refractivity contribution < 1.29 is 14.5 Å². The fourth-order valence-corrected chi connectivity index (χ4v) is 1.69. The summed E-state index contributed by atoms with van der Waals surface area (Å²) in [4.78, 5) is 25.4. The minimum absolute atomic E-state index is 0.0872. The van der Waals surface area contributed by atoms with Crippen LogP contribution in [0.2, 0.25) is 0 Å². The first-order valence-electron chi connectivity index (χ1n) is 5.68. The number of carbonyl (C=O) groups excluding carboxylic acids is 1. The number of nitrogens with zero attached hydrogens (tertiary/aromatic N) is 6. The van der Waals surface area contributed by atoms with E-state index in [1.807, 2.05) is 0 Å². The van der Waals surface area contributed by atoms with Gasteiger partial charge in [-0.15, -0.1) is 5.10 Å². The van der Waals surface area contributed by atoms with Crippen LogP contribution in [-0.4, -0.2) is 42.5 Å². The molecule has 0 saturated heterocycles. The van der Waals surface area contributed by atoms with Gasteiger partial charge in [0.1, 0.15) is 12.7 Å². The maximum atomic E-state index is 11.2. The molecule has 0 bridgehead atoms. The largest absolute Gasteiger partial charge is 0.464 e. The van der Waals surface area contributed by atoms with Crippen molar-refractivity contribution >= 4 is 11.8 Å². The summed E-state index contributed by atoms with van der Waals surface area (Å²) in [6.07, 6.45) is 2.63. The number of hydrogen-bond acceptors (Lipinski definition) is 7. The van der Waals surface area contributed by atoms with Crippen LogP contribution in [0.15, 0.2) is 12.4 Å². The van der Waals surface area contributed by atoms with Crippen molar-refractivity contribution in [1.29, 1.82) is 0 Å². The van der Waals surface area contributed by atoms with E-state index in [1.54, 1.807) is 6.92 Å². The number of nitro groups is 1. The van der Waals surface area contributed by atoms with Crippen molar-refractivity contribution in [1.82, 2.24) is 24.5 Å². The van der Waals surface area contributed by atoms with Gasteiger partial charge in [0.2, 0.25) is 0 Å². The molecular weight excluding hydrogens is 268 g/mol. The van der Waals surface area contributed by atoms with Crippen LogP contribution < -0.4 is 0 Å². The number of esters is 1. The Hall–Kier alpha value is -2.78. The van der Waals surface area contributed by atoms with Crippen molar-refractivity contribution in [3.05, 3.63) is 34.0 Å². The zero-order chi connectivity index (χ0) is 14.7. The average Bonchev–Trinajstić information content (AvgIpc) is 3.02. The summed E-state index contributed by atoms with van der Waals surface area (Å²) in [6, 6.07) is 0. The van der Waals surface area contributed by atoms with Crippen LogP contribution in [0.25, 0.3) is 0 Å². The highest BCUT2D eigenvalue weighted by molar-refractivity contribution is 5.86. The van der Waals surface area contributed by atoms with Gasteiger partial charge in [-0.2, -0.15) is 0 Å². The quantitative estimate of drug-likeness (QED) is 0.435. The molecule has 0 aliphatic carbocycles. The van der Waals surface area contributed by atoms with Gasteiger partial charge >= 0.3 is 11.8 Å². The lowest BCUT2D eigenvalue weighted by atomic mass is 10.5. The summed E-state index contributed by atoms with van der Waals surface area (Å²) in [7, 11) is 1.25. The Labute approximate surface area is 113 Å². The third kappa shape index (κ3) is 2.63. The maximum Gasteiger partial charge on any atom is 0.360 e. The fraction of sp³-hybridized carbons (Fsp3) is 0.400. The highest BCUT2D eigenvalue weighted by Gasteiger charge is 2.17. The molecule has 10 heteroatoms. The van der Waals surface area contributed by atoms with E-state index in [1.165, 1.54) is 28.8 Å². The molecule has 0 atom stereocenters. The molecule has 10 nitrogen and oxygen atoms in total. The van der Waals surface area contributed by atoms with Gasteiger partial charge in [0.05, 0.1) is 19.9 Å². The third-order valence-corrected chi connectivity index (χ3v) is 2.71. The lowest BCUT2D eigenvalue weighted by molar-refractivity contribution is -0.392. The molecule has 0 saturated carbocycles. The number of carbonyl (C=O) groups is 1. The standard InChI is InChI=1S/C10H12N6O4/c1-7-11-5-9(16(18)19)15(7)4-3-14-6-8(12-13-14)10(17)20-2/h5-6H,3-4H2,1-2H3. The summed E-state index contributed by atoms with van der Waals surface area (Å²) in [5.41, 5.74) is 0.0874. The Balaban J connectivity index is 2.09. The van der Waals surface area contributed by atoms with E-state index in [4.69, 9.17) is 0 Å². The molecule has 2 heterocycles. The molecule has 0 aliphatic heterocycles. The molecule has 2 aromatic rings. The number of rotatable bonds is 5. The zero-order valence-electron chi connectivity index (χ0n) is 10.9. The lowest BCUT2D eigenvalue weighted by Gasteiger charge is -2.02. The second-order valence-electron chi connectivity index (χ2n) is 3.93. The Kier molecular flexibility index (Phi) is 3.73. The molecule has 0 aromatic carbocycles. The van der Waals surface area contributed by atoms with Crippen LogP contribution >= 0.6 is 0 Å². The van der Waals surface area contributed by atoms with Crippen LogP contribution in [0.1, 0.15) is 16.3 Å². The topological polar surface area (TPSA) is 118 Å². The van der Waals surface area contributed by atoms with E-state index < -0.39 is 10.9 Å². The summed E-state index contributed by atoms with van der Waals surface area (Å²) in [5, 5.41) is 18.2. The van der Waals surface area contributed by atoms with Gasteiger partial charge < -0.3 is 14.9 Å². The molecule has 0 unspecified atom stereocenters. The van der Waals surface area contributed by atoms with E-state index in [0.717, 1.165) is 0 Å². The van der Waals surface area contributed by atoms with Gasteiger partial charge in [0.25, 0.3) is 0 Å². The molecule has 0 aliphatic rings. The van der Waals surface area contributed by atoms with Gasteiger partial charge in [-0.05, 0) is 4.92 Å². The number of imidazole rings is 1. The van der Waals surface area contributed by atoms with Crippen LogP contribution in [-0.2, 0) is 17.8 Å². The smallest absolute Gasteiger partial charge is 0.360 e. The first-order valence-corrected chi connectivity index (χ1v) is 5.68. The van der Waals surface area contributed by atoms with Crippen LogP contribution in [0, 0.1) is 17.0 Å². The molecule has 2 rings (SSSR count). The molecule has 0 N–H and O–H groups in total. The van der Waals surface area contributed by atoms with Crippen molar-refractivity contribution in [2.75, 3.05) is 7.11 Å². The molecule has 106 valence electrons. The normalized spacial score (nSPS) is 10.5. The SMILES string of the molecule is COC(=O)c1cn(CCn2c([N+](=O)[O-])cnc2C)nn1. The van der Waals surface area contributed by atoms with Crippen LogP contribution in [0.5, 0.6) is 0 Å². The van der Waals surface area contributed by atoms with Crippen LogP contribution in [0.3, 0.4) is 0 Å². The molecule has 2 aromatic heterocycles. The molecule has 0 amide bonds. The zero-order valence-corrected chi connectivity index (χ0v) is 10.9. The second-order valence-corrected chi connectivity index (χ2v) is 3.93. The lowest BCUT2D eigenvalue weighted by Crippen LogP contribution is -2.11. The van der Waals surface area contributed by atoms with E-state index in [2.05, 4.69) is 20.0 Å². The summed E-state index contributed by atoms with van der Waals surface area (Å²) in [5.74, 6) is -0.137. The fourth-order valence-electron chi connectivity index (χ4n) is 1.69. The molecule has 0 spiro atoms. The third-order valence-electron chi connectivity index (χ3n) is 2.71. The summed E-state index contributed by atoms with van der Waals surface area (Å²) >= 11 is 0. The second kappa shape index (κ2) is 5.47. The minimum atomic E-state index is -0.582. The van der Waals surface area contributed by atoms with Gasteiger partial charge in [0, 0.05) is 6.92 Å². The number of methoxy groups -OCH3 is 1. The predicted molar refractivity (Wildman–Crippen MR) is 65.0 cm³/mol. The van der Waals surface area contributed by atoms with E-state index >= 15 is 0 Å². The Morgan fingerprint density at radius 3 is 2.90 bits per heavy atom. The van der Waals surface area contributed by atoms with Gasteiger partial charge in [-0.25, -0.2) is 19.0 Å². The number of hydrogen-bond donors (Lipinski definition) is 0. The van der Waals surface area contributed by atoms with Gasteiger partial charge in [0.15, 0.2) is 11.5 Å². The predicted octanol–water partition coefficient (Wildman–Crippen LogP) is 0.178. The van der Waals surface area contributed by atoms with Crippen molar-refractivity contribution in [3.8, 4) is 0 Å². The van der Waals surface area contributed by atoms with Crippen molar-refractivity contribution in [3.63, 3.8) is 0 Å². The average molecular weight is 280 g/mol. The Morgan fingerprint density at radius 2 is 2.25 bits per heavy atom. The highest BCUT2D eigenvalue weighted by Crippen LogP contribution is 2.13. The number of aryl methyl sites for hydroxylation is 2. The number of aromatic nitrogens is 5. The molecule has 0 radical (unpaired) electrons. The van der Waals surface area contributed by atoms with Crippen LogP contribution in [0.4, 0.5) is 5.82 Å². The van der Waals surface area contributed by atoms with Gasteiger partial charge in [-0.1, -0.05) is 5.21 Å². The Morgan fingerprint density at radius 1 is 1.50 bits per heavy atom. The van der Waals surface area contributed by atoms with E-state index in [0.29, 0.717) is 18.9 Å². The summed E-state index contributed by atoms with van der Waals surface area (Å²) in [6.45, 7) is 2.29. The van der Waals surface area contributed by atoms with Gasteiger partial charge in [-0.3, -0.25) is 0 Å². The van der Waals surface area contributed by atoms with Crippen molar-refractivity contribution in [2.45, 2.75) is 20.0 Å². The first kappa shape index (κ1) is 13.6. The first-order chi connectivity index (χ1) is 9.52. The highest BCUT2D eigenvalue weighted by atomic mass is 16.6. The molecular formula is C10H12N6O4. The minimum Gasteiger partial charge on any atom is -0.464 e. The molecule has 0 fully saturated rings. The van der Waals surface area contributed by atoms with Crippen molar-refractivity contribution in [2.24, 2.45) is 0 Å². The summed E-state index contributed by atoms with van der Waals surface area (Å²) < 4.78 is 7.38. The van der Waals surface area contributed by atoms with E-state index in [-0.39, 0.29) is 11.5 Å². The maximum absolute atomic E-state index is 11.2. The Bertz CT molecular complexity index is 646. The molecule has 20 heavy (non-hydrogen) atoms. The number of ether oxygens (including phenoxy) is 1.